The number of hydrogen-bond acceptors (Lipinski definition) is 5. The topological polar surface area (TPSA) is 68.6 Å². The summed E-state index contributed by atoms with van der Waals surface area (Å²) in [6, 6.07) is 2.70. The Morgan fingerprint density at radius 1 is 1.69 bits per heavy atom. The molecule has 0 saturated heterocycles. The number of ether oxygens (including phenoxy) is 1. The van der Waals surface area contributed by atoms with Gasteiger partial charge in [-0.1, -0.05) is 0 Å². The summed E-state index contributed by atoms with van der Waals surface area (Å²) in [7, 11) is 0. The Labute approximate surface area is 74.7 Å². The second-order valence-corrected chi connectivity index (χ2v) is 2.21. The molecule has 0 spiro atoms. The normalized spacial score (nSPS) is 9.31. The van der Waals surface area contributed by atoms with E-state index in [1.54, 1.807) is 6.92 Å². The summed E-state index contributed by atoms with van der Waals surface area (Å²) >= 11 is 0. The number of carbonyl (C=O) groups is 1. The lowest BCUT2D eigenvalue weighted by atomic mass is 10.3. The zero-order valence-electron chi connectivity index (χ0n) is 7.06. The van der Waals surface area contributed by atoms with Gasteiger partial charge in [0.25, 0.3) is 0 Å². The van der Waals surface area contributed by atoms with Crippen molar-refractivity contribution in [2.75, 3.05) is 6.61 Å². The molecule has 5 heteroatoms. The zero-order chi connectivity index (χ0) is 9.68. The predicted molar refractivity (Wildman–Crippen MR) is 45.6 cm³/mol. The molecule has 1 aromatic rings. The molecule has 0 N–H and O–H groups in total. The second kappa shape index (κ2) is 4.30. The number of hydrogen-bond donors (Lipinski definition) is 0. The van der Waals surface area contributed by atoms with Crippen LogP contribution in [0.1, 0.15) is 17.4 Å². The summed E-state index contributed by atoms with van der Waals surface area (Å²) in [6.45, 7) is 1.97. The van der Waals surface area contributed by atoms with Gasteiger partial charge in [-0.05, 0) is 18.2 Å². The van der Waals surface area contributed by atoms with Crippen LogP contribution >= 0.6 is 0 Å². The molecule has 68 valence electrons. The van der Waals surface area contributed by atoms with Crippen LogP contribution in [0.15, 0.2) is 23.5 Å². The minimum atomic E-state index is -0.548. The number of rotatable bonds is 3. The molecule has 0 aromatic carbocycles. The van der Waals surface area contributed by atoms with Crippen LogP contribution in [0.25, 0.3) is 0 Å². The highest BCUT2D eigenvalue weighted by Gasteiger charge is 2.08. The lowest BCUT2D eigenvalue weighted by molar-refractivity contribution is 0.0519. The number of pyridine rings is 1. The van der Waals surface area contributed by atoms with Gasteiger partial charge in [-0.25, -0.2) is 9.78 Å². The van der Waals surface area contributed by atoms with E-state index >= 15 is 0 Å². The van der Waals surface area contributed by atoms with E-state index in [0.717, 1.165) is 0 Å². The van der Waals surface area contributed by atoms with Gasteiger partial charge in [0, 0.05) is 12.3 Å². The molecule has 0 saturated carbocycles. The quantitative estimate of drug-likeness (QED) is 0.524. The maximum atomic E-state index is 11.1. The first-order chi connectivity index (χ1) is 6.27. The van der Waals surface area contributed by atoms with Crippen LogP contribution in [0, 0.1) is 4.91 Å². The van der Waals surface area contributed by atoms with E-state index in [9.17, 15) is 9.70 Å². The minimum Gasteiger partial charge on any atom is -0.461 e. The van der Waals surface area contributed by atoms with E-state index in [-0.39, 0.29) is 18.0 Å². The van der Waals surface area contributed by atoms with E-state index in [1.165, 1.54) is 18.3 Å². The maximum Gasteiger partial charge on any atom is 0.356 e. The van der Waals surface area contributed by atoms with E-state index in [2.05, 4.69) is 14.9 Å². The van der Waals surface area contributed by atoms with Crippen LogP contribution in [0.3, 0.4) is 0 Å². The number of esters is 1. The molecule has 0 unspecified atom stereocenters. The van der Waals surface area contributed by atoms with Crippen molar-refractivity contribution in [1.82, 2.24) is 4.98 Å². The SMILES string of the molecule is CCOC(=O)c1cc(N=O)ccn1. The highest BCUT2D eigenvalue weighted by atomic mass is 16.5. The standard InChI is InChI=1S/C8H8N2O3/c1-2-13-8(11)7-5-6(10-12)3-4-9-7/h3-5H,2H2,1H3. The third-order valence-corrected chi connectivity index (χ3v) is 1.33. The Kier molecular flexibility index (Phi) is 3.08. The molecule has 1 heterocycles. The molecular formula is C8H8N2O3. The minimum absolute atomic E-state index is 0.0963. The average Bonchev–Trinajstić information content (AvgIpc) is 2.18. The van der Waals surface area contributed by atoms with Gasteiger partial charge in [-0.2, -0.15) is 0 Å². The molecule has 0 bridgehead atoms. The van der Waals surface area contributed by atoms with Crippen LogP contribution in [-0.4, -0.2) is 17.6 Å². The van der Waals surface area contributed by atoms with Crippen LogP contribution in [0.4, 0.5) is 5.69 Å². The molecule has 0 aliphatic heterocycles. The van der Waals surface area contributed by atoms with Crippen LogP contribution < -0.4 is 0 Å². The lowest BCUT2D eigenvalue weighted by Crippen LogP contribution is -2.06. The van der Waals surface area contributed by atoms with Crippen molar-refractivity contribution in [2.45, 2.75) is 6.92 Å². The Morgan fingerprint density at radius 2 is 2.46 bits per heavy atom. The number of nitrogens with zero attached hydrogens (tertiary/aromatic N) is 2. The van der Waals surface area contributed by atoms with Gasteiger partial charge in [-0.15, -0.1) is 4.91 Å². The maximum absolute atomic E-state index is 11.1. The summed E-state index contributed by atoms with van der Waals surface area (Å²) in [5, 5.41) is 2.68. The smallest absolute Gasteiger partial charge is 0.356 e. The van der Waals surface area contributed by atoms with Gasteiger partial charge >= 0.3 is 5.97 Å². The number of nitroso groups, excluding NO2 is 1. The molecule has 0 aliphatic carbocycles. The molecule has 0 fully saturated rings. The fourth-order valence-corrected chi connectivity index (χ4v) is 0.793. The molecule has 0 aliphatic rings. The van der Waals surface area contributed by atoms with Crippen molar-refractivity contribution < 1.29 is 9.53 Å². The molecular weight excluding hydrogens is 172 g/mol. The first kappa shape index (κ1) is 9.31. The van der Waals surface area contributed by atoms with Crippen molar-refractivity contribution >= 4 is 11.7 Å². The first-order valence-corrected chi connectivity index (χ1v) is 3.74. The molecule has 0 atom stereocenters. The Bertz CT molecular complexity index is 325. The Hall–Kier alpha value is -1.78. The molecule has 13 heavy (non-hydrogen) atoms. The summed E-state index contributed by atoms with van der Waals surface area (Å²) in [5.74, 6) is -0.548. The third-order valence-electron chi connectivity index (χ3n) is 1.33. The summed E-state index contributed by atoms with van der Waals surface area (Å²) < 4.78 is 4.68. The van der Waals surface area contributed by atoms with Gasteiger partial charge in [0.1, 0.15) is 5.69 Å². The van der Waals surface area contributed by atoms with Gasteiger partial charge < -0.3 is 4.74 Å². The number of aromatic nitrogens is 1. The summed E-state index contributed by atoms with van der Waals surface area (Å²) in [4.78, 5) is 24.9. The Balaban J connectivity index is 2.88. The zero-order valence-corrected chi connectivity index (χ0v) is 7.06. The van der Waals surface area contributed by atoms with Crippen molar-refractivity contribution in [3.8, 4) is 0 Å². The monoisotopic (exact) mass is 180 g/mol. The third kappa shape index (κ3) is 2.33. The summed E-state index contributed by atoms with van der Waals surface area (Å²) in [6.07, 6.45) is 1.34. The van der Waals surface area contributed by atoms with Crippen LogP contribution in [0.2, 0.25) is 0 Å². The van der Waals surface area contributed by atoms with E-state index in [0.29, 0.717) is 0 Å². The van der Waals surface area contributed by atoms with Gasteiger partial charge in [0.2, 0.25) is 0 Å². The highest BCUT2D eigenvalue weighted by Crippen LogP contribution is 2.11. The van der Waals surface area contributed by atoms with Crippen LogP contribution in [0.5, 0.6) is 0 Å². The molecule has 0 radical (unpaired) electrons. The Morgan fingerprint density at radius 3 is 3.08 bits per heavy atom. The van der Waals surface area contributed by atoms with E-state index < -0.39 is 5.97 Å². The van der Waals surface area contributed by atoms with Gasteiger partial charge in [0.05, 0.1) is 6.61 Å². The average molecular weight is 180 g/mol. The second-order valence-electron chi connectivity index (χ2n) is 2.21. The van der Waals surface area contributed by atoms with Gasteiger partial charge in [-0.3, -0.25) is 0 Å². The fraction of sp³-hybridized carbons (Fsp3) is 0.250. The highest BCUT2D eigenvalue weighted by molar-refractivity contribution is 5.88. The fourth-order valence-electron chi connectivity index (χ4n) is 0.793. The van der Waals surface area contributed by atoms with Gasteiger partial charge in [0.15, 0.2) is 5.69 Å². The molecule has 1 aromatic heterocycles. The van der Waals surface area contributed by atoms with Crippen LogP contribution in [-0.2, 0) is 4.74 Å². The van der Waals surface area contributed by atoms with Crippen molar-refractivity contribution in [1.29, 1.82) is 0 Å². The predicted octanol–water partition coefficient (Wildman–Crippen LogP) is 1.66. The van der Waals surface area contributed by atoms with Crippen molar-refractivity contribution in [3.05, 3.63) is 28.9 Å². The first-order valence-electron chi connectivity index (χ1n) is 3.74. The van der Waals surface area contributed by atoms with E-state index in [4.69, 9.17) is 0 Å². The number of carbonyl (C=O) groups excluding carboxylic acids is 1. The lowest BCUT2D eigenvalue weighted by Gasteiger charge is -1.99. The molecule has 1 rings (SSSR count). The van der Waals surface area contributed by atoms with Crippen molar-refractivity contribution in [2.24, 2.45) is 5.18 Å². The summed E-state index contributed by atoms with van der Waals surface area (Å²) in [5.41, 5.74) is 0.261. The molecule has 0 amide bonds. The largest absolute Gasteiger partial charge is 0.461 e. The molecule has 5 nitrogen and oxygen atoms in total. The van der Waals surface area contributed by atoms with E-state index in [1.807, 2.05) is 0 Å². The van der Waals surface area contributed by atoms with Crippen molar-refractivity contribution in [3.63, 3.8) is 0 Å².